The van der Waals surface area contributed by atoms with Crippen LogP contribution in [0.4, 0.5) is 4.39 Å². The van der Waals surface area contributed by atoms with Gasteiger partial charge in [0.1, 0.15) is 5.82 Å². The first kappa shape index (κ1) is 22.8. The van der Waals surface area contributed by atoms with E-state index in [0.29, 0.717) is 30.3 Å². The molecule has 1 aliphatic rings. The molecule has 0 aromatic heterocycles. The number of ether oxygens (including phenoxy) is 2. The Morgan fingerprint density at radius 2 is 2.04 bits per heavy atom. The van der Waals surface area contributed by atoms with Gasteiger partial charge in [-0.05, 0) is 57.0 Å². The highest BCUT2D eigenvalue weighted by molar-refractivity contribution is 5.94. The summed E-state index contributed by atoms with van der Waals surface area (Å²) in [5, 5.41) is 3.18. The van der Waals surface area contributed by atoms with Crippen LogP contribution in [-0.2, 0) is 16.1 Å². The Bertz CT molecular complexity index is 552. The van der Waals surface area contributed by atoms with Gasteiger partial charge in [0.2, 0.25) is 0 Å². The molecule has 0 aliphatic carbocycles. The maximum Gasteiger partial charge on any atom is 0.253 e. The summed E-state index contributed by atoms with van der Waals surface area (Å²) in [6.07, 6.45) is 3.21. The molecule has 7 heteroatoms. The number of nitrogens with zero attached hydrogens (tertiary/aromatic N) is 1. The van der Waals surface area contributed by atoms with Crippen LogP contribution in [0.1, 0.15) is 35.2 Å². The van der Waals surface area contributed by atoms with E-state index in [9.17, 15) is 9.18 Å². The van der Waals surface area contributed by atoms with Crippen LogP contribution in [0, 0.1) is 11.7 Å². The highest BCUT2D eigenvalue weighted by atomic mass is 35.5. The fraction of sp³-hybridized carbons (Fsp3) is 0.632. The number of amides is 1. The summed E-state index contributed by atoms with van der Waals surface area (Å²) in [7, 11) is 3.55. The van der Waals surface area contributed by atoms with Gasteiger partial charge in [0.25, 0.3) is 5.91 Å². The molecule has 0 saturated carbocycles. The molecular weight excluding hydrogens is 359 g/mol. The van der Waals surface area contributed by atoms with E-state index in [1.807, 2.05) is 11.9 Å². The molecule has 1 amide bonds. The maximum atomic E-state index is 13.9. The molecule has 0 unspecified atom stereocenters. The number of hydrogen-bond acceptors (Lipinski definition) is 4. The van der Waals surface area contributed by atoms with Gasteiger partial charge in [0, 0.05) is 31.3 Å². The third-order valence-electron chi connectivity index (χ3n) is 4.69. The molecule has 0 bridgehead atoms. The zero-order valence-corrected chi connectivity index (χ0v) is 16.4. The van der Waals surface area contributed by atoms with Gasteiger partial charge in [-0.2, -0.15) is 0 Å². The molecule has 1 saturated heterocycles. The monoisotopic (exact) mass is 388 g/mol. The number of halogens is 2. The van der Waals surface area contributed by atoms with Crippen molar-refractivity contribution in [1.82, 2.24) is 10.2 Å². The molecule has 1 aromatic carbocycles. The number of benzene rings is 1. The number of piperidine rings is 1. The lowest BCUT2D eigenvalue weighted by Gasteiger charge is -2.32. The van der Waals surface area contributed by atoms with Gasteiger partial charge in [0.15, 0.2) is 0 Å². The largest absolute Gasteiger partial charge is 0.382 e. The van der Waals surface area contributed by atoms with Gasteiger partial charge in [0.05, 0.1) is 19.8 Å². The molecule has 1 N–H and O–H groups in total. The van der Waals surface area contributed by atoms with Gasteiger partial charge in [-0.15, -0.1) is 12.4 Å². The molecule has 26 heavy (non-hydrogen) atoms. The third kappa shape index (κ3) is 6.83. The van der Waals surface area contributed by atoms with E-state index in [2.05, 4.69) is 5.32 Å². The second-order valence-electron chi connectivity index (χ2n) is 6.48. The number of hydrogen-bond donors (Lipinski definition) is 1. The smallest absolute Gasteiger partial charge is 0.253 e. The van der Waals surface area contributed by atoms with Crippen molar-refractivity contribution in [3.8, 4) is 0 Å². The second-order valence-corrected chi connectivity index (χ2v) is 6.48. The van der Waals surface area contributed by atoms with E-state index in [4.69, 9.17) is 9.47 Å². The lowest BCUT2D eigenvalue weighted by atomic mass is 9.93. The number of methoxy groups -OCH3 is 1. The highest BCUT2D eigenvalue weighted by Gasteiger charge is 2.23. The van der Waals surface area contributed by atoms with Gasteiger partial charge in [-0.1, -0.05) is 0 Å². The summed E-state index contributed by atoms with van der Waals surface area (Å²) >= 11 is 0. The minimum absolute atomic E-state index is 0. The molecule has 1 heterocycles. The van der Waals surface area contributed by atoms with E-state index in [0.717, 1.165) is 38.9 Å². The summed E-state index contributed by atoms with van der Waals surface area (Å²) in [4.78, 5) is 14.6. The van der Waals surface area contributed by atoms with Crippen LogP contribution in [0.5, 0.6) is 0 Å². The molecule has 0 atom stereocenters. The molecule has 5 nitrogen and oxygen atoms in total. The molecule has 1 aromatic rings. The summed E-state index contributed by atoms with van der Waals surface area (Å²) in [6.45, 7) is 3.55. The number of rotatable bonds is 9. The molecule has 0 spiro atoms. The molecule has 2 rings (SSSR count). The first-order valence-corrected chi connectivity index (χ1v) is 8.94. The average molecular weight is 389 g/mol. The Hall–Kier alpha value is -1.21. The highest BCUT2D eigenvalue weighted by Crippen LogP contribution is 2.22. The fourth-order valence-electron chi connectivity index (χ4n) is 3.10. The third-order valence-corrected chi connectivity index (χ3v) is 4.69. The Kier molecular flexibility index (Phi) is 10.7. The second kappa shape index (κ2) is 12.2. The van der Waals surface area contributed by atoms with Gasteiger partial charge in [-0.3, -0.25) is 4.79 Å². The zero-order valence-electron chi connectivity index (χ0n) is 15.6. The van der Waals surface area contributed by atoms with Gasteiger partial charge in [-0.25, -0.2) is 4.39 Å². The molecule has 0 radical (unpaired) electrons. The molecule has 148 valence electrons. The minimum atomic E-state index is -0.347. The van der Waals surface area contributed by atoms with E-state index in [-0.39, 0.29) is 30.7 Å². The lowest BCUT2D eigenvalue weighted by Crippen LogP contribution is -2.39. The first-order chi connectivity index (χ1) is 12.2. The van der Waals surface area contributed by atoms with Crippen LogP contribution in [0.25, 0.3) is 0 Å². The van der Waals surface area contributed by atoms with Crippen molar-refractivity contribution >= 4 is 18.3 Å². The number of carbonyl (C=O) groups excluding carboxylic acids is 1. The SMILES string of the molecule is CNCCC1CCN(C(=O)c2ccc(F)c(COCCOC)c2)CC1.Cl. The standard InChI is InChI=1S/C19H29FN2O3.ClH/c1-21-8-5-15-6-9-22(10-7-15)19(23)16-3-4-18(20)17(13-16)14-25-12-11-24-2;/h3-4,13,15,21H,5-12,14H2,1-2H3;1H. The Balaban J connectivity index is 0.00000338. The Morgan fingerprint density at radius 1 is 1.31 bits per heavy atom. The van der Waals surface area contributed by atoms with Gasteiger partial charge >= 0.3 is 0 Å². The number of nitrogens with one attached hydrogen (secondary N) is 1. The maximum absolute atomic E-state index is 13.9. The van der Waals surface area contributed by atoms with Crippen LogP contribution in [0.2, 0.25) is 0 Å². The number of likely N-dealkylation sites (tertiary alicyclic amines) is 1. The van der Waals surface area contributed by atoms with Crippen LogP contribution < -0.4 is 5.32 Å². The van der Waals surface area contributed by atoms with E-state index in [1.54, 1.807) is 19.2 Å². The van der Waals surface area contributed by atoms with E-state index in [1.165, 1.54) is 6.07 Å². The van der Waals surface area contributed by atoms with Crippen molar-refractivity contribution in [2.45, 2.75) is 25.9 Å². The van der Waals surface area contributed by atoms with Crippen molar-refractivity contribution in [2.75, 3.05) is 47.0 Å². The molecular formula is C19H30ClFN2O3. The van der Waals surface area contributed by atoms with Crippen LogP contribution in [0.15, 0.2) is 18.2 Å². The summed E-state index contributed by atoms with van der Waals surface area (Å²) in [5.41, 5.74) is 0.936. The van der Waals surface area contributed by atoms with Crippen molar-refractivity contribution in [1.29, 1.82) is 0 Å². The van der Waals surface area contributed by atoms with E-state index >= 15 is 0 Å². The molecule has 1 fully saturated rings. The van der Waals surface area contributed by atoms with Crippen molar-refractivity contribution < 1.29 is 18.7 Å². The topological polar surface area (TPSA) is 50.8 Å². The van der Waals surface area contributed by atoms with Crippen LogP contribution >= 0.6 is 12.4 Å². The lowest BCUT2D eigenvalue weighted by molar-refractivity contribution is 0.0601. The van der Waals surface area contributed by atoms with Crippen molar-refractivity contribution in [2.24, 2.45) is 5.92 Å². The van der Waals surface area contributed by atoms with Crippen molar-refractivity contribution in [3.05, 3.63) is 35.1 Å². The van der Waals surface area contributed by atoms with E-state index < -0.39 is 0 Å². The Labute approximate surface area is 161 Å². The molecule has 1 aliphatic heterocycles. The van der Waals surface area contributed by atoms with Crippen molar-refractivity contribution in [3.63, 3.8) is 0 Å². The summed E-state index contributed by atoms with van der Waals surface area (Å²) in [5.74, 6) is 0.305. The normalized spacial score (nSPS) is 15.0. The van der Waals surface area contributed by atoms with Crippen LogP contribution in [-0.4, -0.2) is 57.8 Å². The predicted octanol–water partition coefficient (Wildman–Crippen LogP) is 2.87. The Morgan fingerprint density at radius 3 is 2.69 bits per heavy atom. The summed E-state index contributed by atoms with van der Waals surface area (Å²) < 4.78 is 24.2. The van der Waals surface area contributed by atoms with Crippen LogP contribution in [0.3, 0.4) is 0 Å². The number of carbonyl (C=O) groups is 1. The average Bonchev–Trinajstić information content (AvgIpc) is 2.64. The zero-order chi connectivity index (χ0) is 18.1. The minimum Gasteiger partial charge on any atom is -0.382 e. The summed E-state index contributed by atoms with van der Waals surface area (Å²) in [6, 6.07) is 4.52. The predicted molar refractivity (Wildman–Crippen MR) is 102 cm³/mol. The quantitative estimate of drug-likeness (QED) is 0.661. The van der Waals surface area contributed by atoms with Gasteiger partial charge < -0.3 is 19.7 Å². The fourth-order valence-corrected chi connectivity index (χ4v) is 3.10. The first-order valence-electron chi connectivity index (χ1n) is 8.94.